The Morgan fingerprint density at radius 1 is 1.33 bits per heavy atom. The van der Waals surface area contributed by atoms with Crippen LogP contribution in [0.15, 0.2) is 21.4 Å². The summed E-state index contributed by atoms with van der Waals surface area (Å²) in [5, 5.41) is 6.92. The monoisotopic (exact) mass is 390 g/mol. The van der Waals surface area contributed by atoms with Crippen LogP contribution in [0.3, 0.4) is 0 Å². The number of aromatic nitrogens is 2. The molecule has 1 aliphatic rings. The molecule has 0 fully saturated rings. The van der Waals surface area contributed by atoms with Crippen LogP contribution in [-0.4, -0.2) is 16.8 Å². The zero-order valence-electron chi connectivity index (χ0n) is 10.6. The first-order valence-corrected chi connectivity index (χ1v) is 7.68. The van der Waals surface area contributed by atoms with Crippen molar-refractivity contribution in [1.82, 2.24) is 10.2 Å². The average molecular weight is 392 g/mol. The van der Waals surface area contributed by atoms with Gasteiger partial charge in [-0.2, -0.15) is 0 Å². The van der Waals surface area contributed by atoms with Gasteiger partial charge in [-0.05, 0) is 25.0 Å². The Bertz CT molecular complexity index is 741. The molecule has 0 spiro atoms. The number of benzene rings is 1. The molecule has 1 aliphatic heterocycles. The second-order valence-corrected chi connectivity index (χ2v) is 6.15. The van der Waals surface area contributed by atoms with Crippen molar-refractivity contribution in [2.45, 2.75) is 12.8 Å². The maximum atomic E-state index is 11.7. The van der Waals surface area contributed by atoms with Crippen LogP contribution in [0.2, 0.25) is 10.0 Å². The van der Waals surface area contributed by atoms with Crippen LogP contribution in [0.25, 0.3) is 0 Å². The van der Waals surface area contributed by atoms with Gasteiger partial charge in [0.1, 0.15) is 0 Å². The van der Waals surface area contributed by atoms with E-state index >= 15 is 0 Å². The third-order valence-electron chi connectivity index (χ3n) is 2.98. The Morgan fingerprint density at radius 2 is 2.05 bits per heavy atom. The largest absolute Gasteiger partial charge is 0.488 e. The highest BCUT2D eigenvalue weighted by molar-refractivity contribution is 9.10. The third kappa shape index (κ3) is 2.88. The molecule has 1 aromatic carbocycles. The predicted octanol–water partition coefficient (Wildman–Crippen LogP) is 3.96. The van der Waals surface area contributed by atoms with Crippen LogP contribution in [0.4, 0.5) is 0 Å². The van der Waals surface area contributed by atoms with Gasteiger partial charge in [-0.1, -0.05) is 39.1 Å². The lowest BCUT2D eigenvalue weighted by molar-refractivity contribution is 0.268. The maximum absolute atomic E-state index is 11.7. The molecule has 110 valence electrons. The molecule has 1 aromatic heterocycles. The van der Waals surface area contributed by atoms with Gasteiger partial charge in [0.2, 0.25) is 0 Å². The number of nitrogens with one attached hydrogen (secondary N) is 1. The molecule has 0 saturated carbocycles. The number of aromatic amines is 1. The standard InChI is InChI=1S/C13H9BrCl2N2O3/c14-6-4-8(15)11(9(16)5-6)21-13-10-7(2-1-3-20-10)12(19)17-18-13/h4-5H,1-3H2,(H,17,19). The van der Waals surface area contributed by atoms with Gasteiger partial charge in [-0.25, -0.2) is 5.10 Å². The molecule has 0 unspecified atom stereocenters. The lowest BCUT2D eigenvalue weighted by Gasteiger charge is -2.18. The molecule has 0 aliphatic carbocycles. The highest BCUT2D eigenvalue weighted by Crippen LogP contribution is 2.41. The van der Waals surface area contributed by atoms with Crippen LogP contribution in [-0.2, 0) is 6.42 Å². The van der Waals surface area contributed by atoms with Crippen molar-refractivity contribution >= 4 is 39.1 Å². The van der Waals surface area contributed by atoms with Crippen molar-refractivity contribution in [3.8, 4) is 17.4 Å². The number of rotatable bonds is 2. The summed E-state index contributed by atoms with van der Waals surface area (Å²) in [6.45, 7) is 0.510. The van der Waals surface area contributed by atoms with Crippen molar-refractivity contribution in [2.24, 2.45) is 0 Å². The summed E-state index contributed by atoms with van der Waals surface area (Å²) >= 11 is 15.5. The minimum absolute atomic E-state index is 0.149. The van der Waals surface area contributed by atoms with E-state index in [1.165, 1.54) is 0 Å². The van der Waals surface area contributed by atoms with Gasteiger partial charge in [0, 0.05) is 4.47 Å². The highest BCUT2D eigenvalue weighted by atomic mass is 79.9. The molecule has 0 bridgehead atoms. The molecule has 21 heavy (non-hydrogen) atoms. The SMILES string of the molecule is O=c1[nH]nc(Oc2c(Cl)cc(Br)cc2Cl)c2c1CCCO2. The first kappa shape index (κ1) is 14.7. The van der Waals surface area contributed by atoms with E-state index in [0.717, 1.165) is 10.9 Å². The Labute approximate surface area is 138 Å². The van der Waals surface area contributed by atoms with E-state index in [1.807, 2.05) is 0 Å². The zero-order chi connectivity index (χ0) is 15.0. The van der Waals surface area contributed by atoms with Crippen molar-refractivity contribution in [1.29, 1.82) is 0 Å². The number of hydrogen-bond acceptors (Lipinski definition) is 4. The number of nitrogens with zero attached hydrogens (tertiary/aromatic N) is 1. The smallest absolute Gasteiger partial charge is 0.280 e. The lowest BCUT2D eigenvalue weighted by Crippen LogP contribution is -2.21. The number of ether oxygens (including phenoxy) is 2. The summed E-state index contributed by atoms with van der Waals surface area (Å²) in [5.41, 5.74) is 0.251. The van der Waals surface area contributed by atoms with E-state index in [0.29, 0.717) is 34.4 Å². The normalized spacial score (nSPS) is 13.5. The third-order valence-corrected chi connectivity index (χ3v) is 4.00. The summed E-state index contributed by atoms with van der Waals surface area (Å²) < 4.78 is 11.9. The summed E-state index contributed by atoms with van der Waals surface area (Å²) in [6, 6.07) is 3.31. The van der Waals surface area contributed by atoms with Gasteiger partial charge in [0.15, 0.2) is 11.5 Å². The summed E-state index contributed by atoms with van der Waals surface area (Å²) in [7, 11) is 0. The fraction of sp³-hybridized carbons (Fsp3) is 0.231. The van der Waals surface area contributed by atoms with E-state index < -0.39 is 0 Å². The topological polar surface area (TPSA) is 64.2 Å². The summed E-state index contributed by atoms with van der Waals surface area (Å²) in [6.07, 6.45) is 1.39. The summed E-state index contributed by atoms with van der Waals surface area (Å²) in [5.74, 6) is 0.757. The van der Waals surface area contributed by atoms with Gasteiger partial charge in [0.05, 0.1) is 22.2 Å². The molecule has 2 heterocycles. The van der Waals surface area contributed by atoms with Crippen LogP contribution < -0.4 is 15.0 Å². The second kappa shape index (κ2) is 5.87. The van der Waals surface area contributed by atoms with Crippen molar-refractivity contribution < 1.29 is 9.47 Å². The highest BCUT2D eigenvalue weighted by Gasteiger charge is 2.22. The van der Waals surface area contributed by atoms with Gasteiger partial charge < -0.3 is 9.47 Å². The van der Waals surface area contributed by atoms with Gasteiger partial charge >= 0.3 is 0 Å². The molecule has 1 N–H and O–H groups in total. The molecule has 0 atom stereocenters. The number of halogens is 3. The second-order valence-electron chi connectivity index (χ2n) is 4.42. The zero-order valence-corrected chi connectivity index (χ0v) is 13.7. The first-order valence-electron chi connectivity index (χ1n) is 6.13. The Morgan fingerprint density at radius 3 is 2.76 bits per heavy atom. The molecule has 0 amide bonds. The number of hydrogen-bond donors (Lipinski definition) is 1. The van der Waals surface area contributed by atoms with Crippen molar-refractivity contribution in [2.75, 3.05) is 6.61 Å². The molecule has 8 heteroatoms. The van der Waals surface area contributed by atoms with E-state index in [4.69, 9.17) is 32.7 Å². The Balaban J connectivity index is 2.05. The molecule has 0 saturated heterocycles. The minimum Gasteiger partial charge on any atom is -0.488 e. The molecular weight excluding hydrogens is 383 g/mol. The van der Waals surface area contributed by atoms with Gasteiger partial charge in [-0.15, -0.1) is 5.10 Å². The fourth-order valence-electron chi connectivity index (χ4n) is 2.04. The quantitative estimate of drug-likeness (QED) is 0.841. The van der Waals surface area contributed by atoms with E-state index in [-0.39, 0.29) is 17.2 Å². The van der Waals surface area contributed by atoms with Crippen LogP contribution in [0, 0.1) is 0 Å². The van der Waals surface area contributed by atoms with Gasteiger partial charge in [0.25, 0.3) is 11.4 Å². The Hall–Kier alpha value is -1.24. The van der Waals surface area contributed by atoms with Crippen molar-refractivity contribution in [3.63, 3.8) is 0 Å². The Kier molecular flexibility index (Phi) is 4.10. The minimum atomic E-state index is -0.273. The predicted molar refractivity (Wildman–Crippen MR) is 82.9 cm³/mol. The summed E-state index contributed by atoms with van der Waals surface area (Å²) in [4.78, 5) is 11.7. The lowest BCUT2D eigenvalue weighted by atomic mass is 10.1. The van der Waals surface area contributed by atoms with E-state index in [1.54, 1.807) is 12.1 Å². The maximum Gasteiger partial charge on any atom is 0.280 e. The molecular formula is C13H9BrCl2N2O3. The average Bonchev–Trinajstić information content (AvgIpc) is 2.45. The van der Waals surface area contributed by atoms with Crippen LogP contribution >= 0.6 is 39.1 Å². The van der Waals surface area contributed by atoms with E-state index in [2.05, 4.69) is 26.1 Å². The molecule has 0 radical (unpaired) electrons. The van der Waals surface area contributed by atoms with Crippen molar-refractivity contribution in [3.05, 3.63) is 42.6 Å². The number of fused-ring (bicyclic) bond motifs is 1. The fourth-order valence-corrected chi connectivity index (χ4v) is 3.33. The van der Waals surface area contributed by atoms with Gasteiger partial charge in [-0.3, -0.25) is 4.79 Å². The first-order chi connectivity index (χ1) is 10.1. The van der Waals surface area contributed by atoms with Crippen LogP contribution in [0.5, 0.6) is 17.4 Å². The molecule has 3 rings (SSSR count). The van der Waals surface area contributed by atoms with E-state index in [9.17, 15) is 4.79 Å². The number of H-pyrrole nitrogens is 1. The molecule has 5 nitrogen and oxygen atoms in total. The van der Waals surface area contributed by atoms with Crippen LogP contribution in [0.1, 0.15) is 12.0 Å². The molecule has 2 aromatic rings.